The minimum absolute atomic E-state index is 0.350. The summed E-state index contributed by atoms with van der Waals surface area (Å²) >= 11 is 0. The monoisotopic (exact) mass is 282 g/mol. The summed E-state index contributed by atoms with van der Waals surface area (Å²) in [5, 5.41) is 0. The Morgan fingerprint density at radius 2 is 1.00 bits per heavy atom. The number of rotatable bonds is 7. The first-order chi connectivity index (χ1) is 9.86. The Hall–Kier alpha value is -0.0800. The highest BCUT2D eigenvalue weighted by Crippen LogP contribution is 2.36. The number of hydrogen-bond donors (Lipinski definition) is 0. The third kappa shape index (κ3) is 4.46. The lowest BCUT2D eigenvalue weighted by Crippen LogP contribution is -2.44. The summed E-state index contributed by atoms with van der Waals surface area (Å²) in [6.45, 7) is 5.94. The average molecular weight is 282 g/mol. The molecular weight excluding hydrogens is 248 g/mol. The molecule has 0 spiro atoms. The lowest BCUT2D eigenvalue weighted by Gasteiger charge is -2.40. The van der Waals surface area contributed by atoms with Crippen LogP contribution < -0.4 is 0 Å². The average Bonchev–Trinajstić information content (AvgIpc) is 2.52. The molecule has 118 valence electrons. The van der Waals surface area contributed by atoms with Crippen molar-refractivity contribution in [3.63, 3.8) is 0 Å². The lowest BCUT2D eigenvalue weighted by molar-refractivity contribution is -0.125. The minimum atomic E-state index is 0.350. The van der Waals surface area contributed by atoms with Crippen molar-refractivity contribution >= 4 is 0 Å². The molecule has 0 aliphatic heterocycles. The van der Waals surface area contributed by atoms with Crippen LogP contribution in [0.2, 0.25) is 0 Å². The number of hydrogen-bond acceptors (Lipinski definition) is 2. The topological polar surface area (TPSA) is 18.5 Å². The van der Waals surface area contributed by atoms with Gasteiger partial charge in [-0.3, -0.25) is 0 Å². The van der Waals surface area contributed by atoms with Gasteiger partial charge in [-0.2, -0.15) is 0 Å². The quantitative estimate of drug-likeness (QED) is 0.657. The van der Waals surface area contributed by atoms with Crippen molar-refractivity contribution in [3.05, 3.63) is 0 Å². The minimum Gasteiger partial charge on any atom is -0.376 e. The Morgan fingerprint density at radius 1 is 0.650 bits per heavy atom. The summed E-state index contributed by atoms with van der Waals surface area (Å²) in [7, 11) is 0. The molecule has 0 N–H and O–H groups in total. The van der Waals surface area contributed by atoms with Crippen LogP contribution in [0.15, 0.2) is 0 Å². The van der Waals surface area contributed by atoms with Crippen LogP contribution in [0.3, 0.4) is 0 Å². The fourth-order valence-corrected chi connectivity index (χ4v) is 4.31. The fraction of sp³-hybridized carbons (Fsp3) is 1.00. The van der Waals surface area contributed by atoms with Gasteiger partial charge in [-0.05, 0) is 51.4 Å². The van der Waals surface area contributed by atoms with Crippen molar-refractivity contribution < 1.29 is 9.47 Å². The van der Waals surface area contributed by atoms with Crippen LogP contribution in [0.1, 0.15) is 78.1 Å². The van der Waals surface area contributed by atoms with E-state index in [4.69, 9.17) is 9.47 Å². The number of ether oxygens (including phenoxy) is 2. The van der Waals surface area contributed by atoms with Gasteiger partial charge >= 0.3 is 0 Å². The lowest BCUT2D eigenvalue weighted by atomic mass is 9.76. The molecule has 2 atom stereocenters. The zero-order chi connectivity index (χ0) is 14.2. The molecular formula is C18H34O2. The molecule has 2 aliphatic rings. The molecule has 2 heteroatoms. The zero-order valence-corrected chi connectivity index (χ0v) is 13.6. The van der Waals surface area contributed by atoms with E-state index in [1.807, 2.05) is 0 Å². The van der Waals surface area contributed by atoms with Gasteiger partial charge < -0.3 is 9.47 Å². The van der Waals surface area contributed by atoms with Crippen LogP contribution in [0.4, 0.5) is 0 Å². The maximum atomic E-state index is 6.22. The van der Waals surface area contributed by atoms with Gasteiger partial charge in [0.05, 0.1) is 12.2 Å². The molecule has 2 saturated carbocycles. The molecule has 2 nitrogen and oxygen atoms in total. The highest BCUT2D eigenvalue weighted by atomic mass is 16.5. The van der Waals surface area contributed by atoms with E-state index in [9.17, 15) is 0 Å². The predicted octanol–water partition coefficient (Wildman–Crippen LogP) is 4.96. The Bertz CT molecular complexity index is 216. The van der Waals surface area contributed by atoms with E-state index in [0.29, 0.717) is 12.2 Å². The van der Waals surface area contributed by atoms with Gasteiger partial charge in [-0.25, -0.2) is 0 Å². The van der Waals surface area contributed by atoms with Gasteiger partial charge in [-0.15, -0.1) is 0 Å². The first-order valence-electron chi connectivity index (χ1n) is 9.10. The molecule has 0 radical (unpaired) electrons. The smallest absolute Gasteiger partial charge is 0.0867 e. The molecule has 2 unspecified atom stereocenters. The van der Waals surface area contributed by atoms with E-state index < -0.39 is 0 Å². The molecule has 0 amide bonds. The van der Waals surface area contributed by atoms with Crippen molar-refractivity contribution in [1.82, 2.24) is 0 Å². The first-order valence-corrected chi connectivity index (χ1v) is 9.10. The molecule has 2 fully saturated rings. The second kappa shape index (κ2) is 9.04. The fourth-order valence-electron chi connectivity index (χ4n) is 4.31. The second-order valence-corrected chi connectivity index (χ2v) is 6.64. The SMILES string of the molecule is CCOC(C1CCCCC1)C(OCC)C1CCCCC1. The van der Waals surface area contributed by atoms with Crippen LogP contribution >= 0.6 is 0 Å². The van der Waals surface area contributed by atoms with Crippen molar-refractivity contribution in [2.75, 3.05) is 13.2 Å². The summed E-state index contributed by atoms with van der Waals surface area (Å²) in [6.07, 6.45) is 14.5. The van der Waals surface area contributed by atoms with Gasteiger partial charge in [0.1, 0.15) is 0 Å². The van der Waals surface area contributed by atoms with E-state index in [2.05, 4.69) is 13.8 Å². The third-order valence-electron chi connectivity index (χ3n) is 5.27. The third-order valence-corrected chi connectivity index (χ3v) is 5.27. The summed E-state index contributed by atoms with van der Waals surface area (Å²) in [5.41, 5.74) is 0. The van der Waals surface area contributed by atoms with E-state index >= 15 is 0 Å². The van der Waals surface area contributed by atoms with Crippen LogP contribution in [0.5, 0.6) is 0 Å². The van der Waals surface area contributed by atoms with Crippen molar-refractivity contribution in [2.45, 2.75) is 90.3 Å². The van der Waals surface area contributed by atoms with Crippen LogP contribution in [0.25, 0.3) is 0 Å². The summed E-state index contributed by atoms with van der Waals surface area (Å²) < 4.78 is 12.4. The second-order valence-electron chi connectivity index (χ2n) is 6.64. The Labute approximate surface area is 125 Å². The summed E-state index contributed by atoms with van der Waals surface area (Å²) in [5.74, 6) is 1.48. The Morgan fingerprint density at radius 3 is 1.30 bits per heavy atom. The standard InChI is InChI=1S/C18H34O2/c1-3-19-17(15-11-7-5-8-12-15)18(20-4-2)16-13-9-6-10-14-16/h15-18H,3-14H2,1-2H3. The maximum absolute atomic E-state index is 6.22. The predicted molar refractivity (Wildman–Crippen MR) is 84.0 cm³/mol. The molecule has 0 aromatic rings. The highest BCUT2D eigenvalue weighted by molar-refractivity contribution is 4.87. The van der Waals surface area contributed by atoms with Crippen LogP contribution in [-0.2, 0) is 9.47 Å². The van der Waals surface area contributed by atoms with Gasteiger partial charge in [-0.1, -0.05) is 38.5 Å². The maximum Gasteiger partial charge on any atom is 0.0867 e. The first kappa shape index (κ1) is 16.3. The molecule has 2 rings (SSSR count). The normalized spacial score (nSPS) is 25.5. The van der Waals surface area contributed by atoms with Crippen molar-refractivity contribution in [2.24, 2.45) is 11.8 Å². The van der Waals surface area contributed by atoms with Gasteiger partial charge in [0.2, 0.25) is 0 Å². The molecule has 0 bridgehead atoms. The largest absolute Gasteiger partial charge is 0.376 e. The molecule has 20 heavy (non-hydrogen) atoms. The Balaban J connectivity index is 2.03. The van der Waals surface area contributed by atoms with Crippen LogP contribution in [0, 0.1) is 11.8 Å². The highest BCUT2D eigenvalue weighted by Gasteiger charge is 2.36. The van der Waals surface area contributed by atoms with E-state index in [0.717, 1.165) is 25.0 Å². The van der Waals surface area contributed by atoms with Crippen LogP contribution in [-0.4, -0.2) is 25.4 Å². The molecule has 2 aliphatic carbocycles. The van der Waals surface area contributed by atoms with E-state index in [-0.39, 0.29) is 0 Å². The van der Waals surface area contributed by atoms with E-state index in [1.54, 1.807) is 0 Å². The van der Waals surface area contributed by atoms with Gasteiger partial charge in [0.15, 0.2) is 0 Å². The summed E-state index contributed by atoms with van der Waals surface area (Å²) in [6, 6.07) is 0. The molecule has 0 aromatic heterocycles. The zero-order valence-electron chi connectivity index (χ0n) is 13.6. The molecule has 0 aromatic carbocycles. The van der Waals surface area contributed by atoms with E-state index in [1.165, 1.54) is 64.2 Å². The van der Waals surface area contributed by atoms with Crippen molar-refractivity contribution in [3.8, 4) is 0 Å². The molecule has 0 heterocycles. The van der Waals surface area contributed by atoms with Gasteiger partial charge in [0.25, 0.3) is 0 Å². The summed E-state index contributed by atoms with van der Waals surface area (Å²) in [4.78, 5) is 0. The van der Waals surface area contributed by atoms with Gasteiger partial charge in [0, 0.05) is 13.2 Å². The Kier molecular flexibility index (Phi) is 7.37. The molecule has 0 saturated heterocycles. The van der Waals surface area contributed by atoms with Crippen molar-refractivity contribution in [1.29, 1.82) is 0 Å².